The second-order valence-corrected chi connectivity index (χ2v) is 4.48. The molecule has 0 bridgehead atoms. The average molecular weight is 291 g/mol. The topological polar surface area (TPSA) is 35.5 Å². The second kappa shape index (κ2) is 6.96. The SMILES string of the molecule is CCOc1ccccc1C(=O)COc1ccccc1Cl. The molecule has 0 fully saturated rings. The van der Waals surface area contributed by atoms with Crippen LogP contribution in [0, 0.1) is 0 Å². The van der Waals surface area contributed by atoms with Crippen LogP contribution in [0.3, 0.4) is 0 Å². The number of carbonyl (C=O) groups excluding carboxylic acids is 1. The summed E-state index contributed by atoms with van der Waals surface area (Å²) in [5.41, 5.74) is 0.515. The quantitative estimate of drug-likeness (QED) is 0.754. The van der Waals surface area contributed by atoms with Crippen LogP contribution in [-0.4, -0.2) is 19.0 Å². The van der Waals surface area contributed by atoms with Crippen LogP contribution in [0.4, 0.5) is 0 Å². The van der Waals surface area contributed by atoms with Crippen LogP contribution >= 0.6 is 11.6 Å². The van der Waals surface area contributed by atoms with Crippen LogP contribution in [0.1, 0.15) is 17.3 Å². The molecule has 4 heteroatoms. The van der Waals surface area contributed by atoms with E-state index in [0.717, 1.165) is 0 Å². The lowest BCUT2D eigenvalue weighted by molar-refractivity contribution is 0.0918. The van der Waals surface area contributed by atoms with Gasteiger partial charge in [-0.15, -0.1) is 0 Å². The average Bonchev–Trinajstić information content (AvgIpc) is 2.47. The fourth-order valence-corrected chi connectivity index (χ4v) is 1.95. The van der Waals surface area contributed by atoms with Gasteiger partial charge in [0.25, 0.3) is 0 Å². The Labute approximate surface area is 123 Å². The molecule has 0 saturated heterocycles. The zero-order chi connectivity index (χ0) is 14.4. The van der Waals surface area contributed by atoms with Crippen molar-refractivity contribution in [3.8, 4) is 11.5 Å². The summed E-state index contributed by atoms with van der Waals surface area (Å²) in [6.07, 6.45) is 0. The molecule has 0 radical (unpaired) electrons. The molecule has 2 aromatic rings. The molecule has 2 aromatic carbocycles. The maximum Gasteiger partial charge on any atom is 0.203 e. The van der Waals surface area contributed by atoms with E-state index >= 15 is 0 Å². The van der Waals surface area contributed by atoms with Gasteiger partial charge in [-0.1, -0.05) is 35.9 Å². The highest BCUT2D eigenvalue weighted by atomic mass is 35.5. The number of ether oxygens (including phenoxy) is 2. The molecule has 0 atom stereocenters. The Morgan fingerprint density at radius 1 is 1.00 bits per heavy atom. The lowest BCUT2D eigenvalue weighted by Gasteiger charge is -2.10. The third-order valence-corrected chi connectivity index (χ3v) is 2.99. The molecular weight excluding hydrogens is 276 g/mol. The van der Waals surface area contributed by atoms with Crippen molar-refractivity contribution in [1.82, 2.24) is 0 Å². The highest BCUT2D eigenvalue weighted by Crippen LogP contribution is 2.24. The van der Waals surface area contributed by atoms with Crippen LogP contribution in [0.2, 0.25) is 5.02 Å². The van der Waals surface area contributed by atoms with E-state index in [1.807, 2.05) is 13.0 Å². The van der Waals surface area contributed by atoms with Gasteiger partial charge in [0.15, 0.2) is 6.61 Å². The lowest BCUT2D eigenvalue weighted by Crippen LogP contribution is -2.13. The molecule has 0 amide bonds. The third-order valence-electron chi connectivity index (χ3n) is 2.68. The van der Waals surface area contributed by atoms with Gasteiger partial charge in [0.1, 0.15) is 11.5 Å². The Morgan fingerprint density at radius 2 is 1.65 bits per heavy atom. The summed E-state index contributed by atoms with van der Waals surface area (Å²) in [5.74, 6) is 0.924. The molecule has 3 nitrogen and oxygen atoms in total. The molecule has 104 valence electrons. The van der Waals surface area contributed by atoms with Crippen LogP contribution < -0.4 is 9.47 Å². The summed E-state index contributed by atoms with van der Waals surface area (Å²) in [4.78, 5) is 12.2. The van der Waals surface area contributed by atoms with Crippen molar-refractivity contribution in [2.75, 3.05) is 13.2 Å². The van der Waals surface area contributed by atoms with Crippen molar-refractivity contribution >= 4 is 17.4 Å². The van der Waals surface area contributed by atoms with Crippen molar-refractivity contribution in [1.29, 1.82) is 0 Å². The van der Waals surface area contributed by atoms with Crippen LogP contribution in [0.5, 0.6) is 11.5 Å². The first-order chi connectivity index (χ1) is 9.72. The number of hydrogen-bond acceptors (Lipinski definition) is 3. The predicted molar refractivity (Wildman–Crippen MR) is 78.9 cm³/mol. The summed E-state index contributed by atoms with van der Waals surface area (Å²) < 4.78 is 10.9. The number of carbonyl (C=O) groups is 1. The van der Waals surface area contributed by atoms with Gasteiger partial charge < -0.3 is 9.47 Å². The van der Waals surface area contributed by atoms with Gasteiger partial charge in [-0.05, 0) is 31.2 Å². The maximum absolute atomic E-state index is 12.2. The highest BCUT2D eigenvalue weighted by molar-refractivity contribution is 6.32. The van der Waals surface area contributed by atoms with Crippen molar-refractivity contribution < 1.29 is 14.3 Å². The Balaban J connectivity index is 2.07. The number of Topliss-reactive ketones (excluding diaryl/α,β-unsaturated/α-hetero) is 1. The summed E-state index contributed by atoms with van der Waals surface area (Å²) >= 11 is 5.97. The molecule has 20 heavy (non-hydrogen) atoms. The van der Waals surface area contributed by atoms with E-state index in [0.29, 0.717) is 28.7 Å². The van der Waals surface area contributed by atoms with Crippen LogP contribution in [-0.2, 0) is 0 Å². The van der Waals surface area contributed by atoms with Gasteiger partial charge in [0.05, 0.1) is 17.2 Å². The Kier molecular flexibility index (Phi) is 5.02. The maximum atomic E-state index is 12.2. The number of hydrogen-bond donors (Lipinski definition) is 0. The predicted octanol–water partition coefficient (Wildman–Crippen LogP) is 4.00. The minimum Gasteiger partial charge on any atom is -0.493 e. The molecule has 0 aromatic heterocycles. The van der Waals surface area contributed by atoms with E-state index in [1.54, 1.807) is 42.5 Å². The Hall–Kier alpha value is -2.00. The van der Waals surface area contributed by atoms with E-state index in [9.17, 15) is 4.79 Å². The molecule has 2 rings (SSSR count). The normalized spacial score (nSPS) is 10.1. The first-order valence-corrected chi connectivity index (χ1v) is 6.72. The highest BCUT2D eigenvalue weighted by Gasteiger charge is 2.13. The van der Waals surface area contributed by atoms with E-state index in [2.05, 4.69) is 0 Å². The zero-order valence-corrected chi connectivity index (χ0v) is 11.9. The van der Waals surface area contributed by atoms with Crippen molar-refractivity contribution in [2.45, 2.75) is 6.92 Å². The van der Waals surface area contributed by atoms with Gasteiger partial charge in [0.2, 0.25) is 5.78 Å². The van der Waals surface area contributed by atoms with Gasteiger partial charge in [-0.2, -0.15) is 0 Å². The third kappa shape index (κ3) is 3.52. The van der Waals surface area contributed by atoms with E-state index < -0.39 is 0 Å². The van der Waals surface area contributed by atoms with Crippen molar-refractivity contribution in [3.05, 3.63) is 59.1 Å². The number of rotatable bonds is 6. The number of halogens is 1. The minimum absolute atomic E-state index is 0.0756. The lowest BCUT2D eigenvalue weighted by atomic mass is 10.1. The Morgan fingerprint density at radius 3 is 2.35 bits per heavy atom. The molecule has 0 aliphatic rings. The largest absolute Gasteiger partial charge is 0.493 e. The zero-order valence-electron chi connectivity index (χ0n) is 11.1. The standard InChI is InChI=1S/C16H15ClO3/c1-2-19-15-9-5-3-7-12(15)14(18)11-20-16-10-6-4-8-13(16)17/h3-10H,2,11H2,1H3. The monoisotopic (exact) mass is 290 g/mol. The Bertz CT molecular complexity index is 596. The van der Waals surface area contributed by atoms with Crippen molar-refractivity contribution in [2.24, 2.45) is 0 Å². The molecule has 0 saturated carbocycles. The minimum atomic E-state index is -0.144. The van der Waals surface area contributed by atoms with E-state index in [-0.39, 0.29) is 12.4 Å². The number of para-hydroxylation sites is 2. The molecule has 0 heterocycles. The number of ketones is 1. The summed E-state index contributed by atoms with van der Waals surface area (Å²) in [6, 6.07) is 14.2. The molecule has 0 unspecified atom stereocenters. The van der Waals surface area contributed by atoms with Gasteiger partial charge in [-0.25, -0.2) is 0 Å². The number of benzene rings is 2. The van der Waals surface area contributed by atoms with E-state index in [1.165, 1.54) is 0 Å². The summed E-state index contributed by atoms with van der Waals surface area (Å²) in [6.45, 7) is 2.31. The van der Waals surface area contributed by atoms with Crippen LogP contribution in [0.25, 0.3) is 0 Å². The van der Waals surface area contributed by atoms with E-state index in [4.69, 9.17) is 21.1 Å². The molecule has 0 aliphatic carbocycles. The molecule has 0 spiro atoms. The fraction of sp³-hybridized carbons (Fsp3) is 0.188. The molecular formula is C16H15ClO3. The molecule has 0 aliphatic heterocycles. The van der Waals surface area contributed by atoms with Gasteiger partial charge in [0, 0.05) is 0 Å². The van der Waals surface area contributed by atoms with Crippen LogP contribution in [0.15, 0.2) is 48.5 Å². The summed E-state index contributed by atoms with van der Waals surface area (Å²) in [5, 5.41) is 0.485. The van der Waals surface area contributed by atoms with Gasteiger partial charge >= 0.3 is 0 Å². The first-order valence-electron chi connectivity index (χ1n) is 6.34. The van der Waals surface area contributed by atoms with Gasteiger partial charge in [-0.3, -0.25) is 4.79 Å². The molecule has 0 N–H and O–H groups in total. The second-order valence-electron chi connectivity index (χ2n) is 4.07. The summed E-state index contributed by atoms with van der Waals surface area (Å²) in [7, 11) is 0. The fourth-order valence-electron chi connectivity index (χ4n) is 1.76. The van der Waals surface area contributed by atoms with Crippen molar-refractivity contribution in [3.63, 3.8) is 0 Å². The smallest absolute Gasteiger partial charge is 0.203 e. The first kappa shape index (κ1) is 14.4.